The van der Waals surface area contributed by atoms with Crippen LogP contribution in [0, 0.1) is 11.3 Å². The molecule has 2 heteroatoms. The van der Waals surface area contributed by atoms with Gasteiger partial charge in [0.25, 0.3) is 0 Å². The third-order valence-corrected chi connectivity index (χ3v) is 3.56. The monoisotopic (exact) mass is 227 g/mol. The van der Waals surface area contributed by atoms with E-state index in [4.69, 9.17) is 0 Å². The van der Waals surface area contributed by atoms with Crippen molar-refractivity contribution in [2.75, 3.05) is 13.1 Å². The molecule has 0 bridgehead atoms. The minimum atomic E-state index is -0.586. The van der Waals surface area contributed by atoms with Gasteiger partial charge in [0.15, 0.2) is 0 Å². The fourth-order valence-electron chi connectivity index (χ4n) is 3.08. The Morgan fingerprint density at radius 2 is 1.81 bits per heavy atom. The third kappa shape index (κ3) is 4.84. The van der Waals surface area contributed by atoms with Crippen molar-refractivity contribution in [2.24, 2.45) is 11.3 Å². The minimum absolute atomic E-state index is 0.513. The van der Waals surface area contributed by atoms with Crippen molar-refractivity contribution in [1.82, 2.24) is 5.32 Å². The summed E-state index contributed by atoms with van der Waals surface area (Å²) in [6.07, 6.45) is 6.83. The van der Waals surface area contributed by atoms with E-state index in [1.165, 1.54) is 32.1 Å². The molecule has 0 atom stereocenters. The van der Waals surface area contributed by atoms with Crippen LogP contribution in [0.2, 0.25) is 0 Å². The number of hydrogen-bond donors (Lipinski definition) is 2. The van der Waals surface area contributed by atoms with E-state index in [1.807, 2.05) is 13.8 Å². The van der Waals surface area contributed by atoms with Gasteiger partial charge in [0.1, 0.15) is 0 Å². The summed E-state index contributed by atoms with van der Waals surface area (Å²) >= 11 is 0. The average Bonchev–Trinajstić information content (AvgIpc) is 2.49. The molecule has 0 spiro atoms. The van der Waals surface area contributed by atoms with Gasteiger partial charge in [0, 0.05) is 13.1 Å². The lowest BCUT2D eigenvalue weighted by atomic mass is 9.78. The van der Waals surface area contributed by atoms with Crippen molar-refractivity contribution in [3.63, 3.8) is 0 Å². The van der Waals surface area contributed by atoms with Gasteiger partial charge in [0.2, 0.25) is 0 Å². The lowest BCUT2D eigenvalue weighted by Gasteiger charge is -2.32. The Hall–Kier alpha value is -0.0800. The molecule has 1 saturated carbocycles. The maximum Gasteiger partial charge on any atom is 0.0715 e. The highest BCUT2D eigenvalue weighted by Gasteiger charge is 2.34. The molecular formula is C14H29NO. The number of hydrogen-bond acceptors (Lipinski definition) is 2. The summed E-state index contributed by atoms with van der Waals surface area (Å²) in [4.78, 5) is 0. The molecule has 0 heterocycles. The van der Waals surface area contributed by atoms with E-state index in [0.29, 0.717) is 12.0 Å². The van der Waals surface area contributed by atoms with Crippen molar-refractivity contribution in [3.05, 3.63) is 0 Å². The largest absolute Gasteiger partial charge is 0.389 e. The van der Waals surface area contributed by atoms with Crippen LogP contribution in [-0.4, -0.2) is 23.8 Å². The molecule has 0 amide bonds. The number of nitrogens with one attached hydrogen (secondary N) is 1. The van der Waals surface area contributed by atoms with Gasteiger partial charge < -0.3 is 10.4 Å². The second kappa shape index (κ2) is 5.50. The molecule has 1 aliphatic rings. The molecule has 0 aliphatic heterocycles. The lowest BCUT2D eigenvalue weighted by Crippen LogP contribution is -2.41. The Morgan fingerprint density at radius 3 is 2.25 bits per heavy atom. The van der Waals surface area contributed by atoms with Crippen LogP contribution in [0.3, 0.4) is 0 Å². The van der Waals surface area contributed by atoms with Crippen molar-refractivity contribution >= 4 is 0 Å². The predicted octanol–water partition coefficient (Wildman–Crippen LogP) is 2.95. The molecule has 0 aromatic carbocycles. The molecule has 0 aromatic rings. The van der Waals surface area contributed by atoms with Crippen LogP contribution in [0.25, 0.3) is 0 Å². The van der Waals surface area contributed by atoms with Crippen molar-refractivity contribution in [2.45, 2.75) is 65.4 Å². The zero-order chi connectivity index (χ0) is 12.2. The Balaban J connectivity index is 2.39. The first-order valence-electron chi connectivity index (χ1n) is 6.76. The molecule has 0 radical (unpaired) electrons. The molecule has 2 nitrogen and oxygen atoms in total. The van der Waals surface area contributed by atoms with E-state index in [2.05, 4.69) is 19.2 Å². The summed E-state index contributed by atoms with van der Waals surface area (Å²) < 4.78 is 0. The van der Waals surface area contributed by atoms with Crippen LogP contribution in [0.15, 0.2) is 0 Å². The maximum atomic E-state index is 9.69. The molecule has 1 fully saturated rings. The highest BCUT2D eigenvalue weighted by atomic mass is 16.3. The molecule has 0 aromatic heterocycles. The topological polar surface area (TPSA) is 32.3 Å². The van der Waals surface area contributed by atoms with Gasteiger partial charge in [-0.3, -0.25) is 0 Å². The second-order valence-electron chi connectivity index (χ2n) is 6.72. The number of aliphatic hydroxyl groups is 1. The van der Waals surface area contributed by atoms with E-state index in [1.54, 1.807) is 0 Å². The fourth-order valence-corrected chi connectivity index (χ4v) is 3.08. The van der Waals surface area contributed by atoms with Crippen LogP contribution < -0.4 is 5.32 Å². The molecular weight excluding hydrogens is 198 g/mol. The van der Waals surface area contributed by atoms with Gasteiger partial charge >= 0.3 is 0 Å². The Kier molecular flexibility index (Phi) is 4.81. The summed E-state index contributed by atoms with van der Waals surface area (Å²) in [7, 11) is 0. The minimum Gasteiger partial charge on any atom is -0.389 e. The third-order valence-electron chi connectivity index (χ3n) is 3.56. The van der Waals surface area contributed by atoms with Gasteiger partial charge in [-0.05, 0) is 44.4 Å². The lowest BCUT2D eigenvalue weighted by molar-refractivity contribution is 0.0743. The van der Waals surface area contributed by atoms with Gasteiger partial charge in [-0.1, -0.05) is 26.7 Å². The van der Waals surface area contributed by atoms with Crippen LogP contribution in [0.4, 0.5) is 0 Å². The fraction of sp³-hybridized carbons (Fsp3) is 1.00. The molecule has 1 rings (SSSR count). The zero-order valence-electron chi connectivity index (χ0n) is 11.5. The van der Waals surface area contributed by atoms with E-state index >= 15 is 0 Å². The van der Waals surface area contributed by atoms with E-state index in [9.17, 15) is 5.11 Å². The molecule has 2 N–H and O–H groups in total. The maximum absolute atomic E-state index is 9.69. The molecule has 0 saturated heterocycles. The summed E-state index contributed by atoms with van der Waals surface area (Å²) in [5.41, 5.74) is -0.0724. The Morgan fingerprint density at radius 1 is 1.25 bits per heavy atom. The van der Waals surface area contributed by atoms with Crippen LogP contribution in [-0.2, 0) is 0 Å². The summed E-state index contributed by atoms with van der Waals surface area (Å²) in [5, 5.41) is 13.2. The zero-order valence-corrected chi connectivity index (χ0v) is 11.5. The van der Waals surface area contributed by atoms with Crippen LogP contribution in [0.1, 0.15) is 59.8 Å². The first-order chi connectivity index (χ1) is 7.33. The standard InChI is InChI=1S/C14H29NO/c1-12(2)9-14(7-5-6-8-14)11-15-10-13(3,4)16/h12,15-16H,5-11H2,1-4H3. The number of rotatable bonds is 6. The van der Waals surface area contributed by atoms with Gasteiger partial charge in [-0.15, -0.1) is 0 Å². The van der Waals surface area contributed by atoms with E-state index in [0.717, 1.165) is 12.5 Å². The molecule has 0 unspecified atom stereocenters. The molecule has 96 valence electrons. The van der Waals surface area contributed by atoms with Crippen molar-refractivity contribution in [3.8, 4) is 0 Å². The Bertz CT molecular complexity index is 199. The van der Waals surface area contributed by atoms with E-state index in [-0.39, 0.29) is 0 Å². The van der Waals surface area contributed by atoms with Gasteiger partial charge in [-0.2, -0.15) is 0 Å². The summed E-state index contributed by atoms with van der Waals surface area (Å²) in [6, 6.07) is 0. The molecule has 1 aliphatic carbocycles. The summed E-state index contributed by atoms with van der Waals surface area (Å²) in [6.45, 7) is 10.1. The SMILES string of the molecule is CC(C)CC1(CNCC(C)(C)O)CCCC1. The first-order valence-corrected chi connectivity index (χ1v) is 6.76. The predicted molar refractivity (Wildman–Crippen MR) is 69.5 cm³/mol. The Labute approximate surface area is 101 Å². The first kappa shape index (κ1) is 14.0. The second-order valence-corrected chi connectivity index (χ2v) is 6.72. The highest BCUT2D eigenvalue weighted by Crippen LogP contribution is 2.42. The molecule has 16 heavy (non-hydrogen) atoms. The smallest absolute Gasteiger partial charge is 0.0715 e. The normalized spacial score (nSPS) is 20.6. The van der Waals surface area contributed by atoms with Crippen LogP contribution in [0.5, 0.6) is 0 Å². The van der Waals surface area contributed by atoms with Gasteiger partial charge in [0.05, 0.1) is 5.60 Å². The summed E-state index contributed by atoms with van der Waals surface area (Å²) in [5.74, 6) is 0.780. The highest BCUT2D eigenvalue weighted by molar-refractivity contribution is 4.88. The van der Waals surface area contributed by atoms with Crippen LogP contribution >= 0.6 is 0 Å². The van der Waals surface area contributed by atoms with Crippen molar-refractivity contribution < 1.29 is 5.11 Å². The average molecular weight is 227 g/mol. The quantitative estimate of drug-likeness (QED) is 0.731. The van der Waals surface area contributed by atoms with Crippen molar-refractivity contribution in [1.29, 1.82) is 0 Å². The van der Waals surface area contributed by atoms with E-state index < -0.39 is 5.60 Å². The van der Waals surface area contributed by atoms with Gasteiger partial charge in [-0.25, -0.2) is 0 Å².